The predicted octanol–water partition coefficient (Wildman–Crippen LogP) is 5.80. The highest BCUT2D eigenvalue weighted by Gasteiger charge is 2.15. The van der Waals surface area contributed by atoms with Crippen LogP contribution >= 0.6 is 0 Å². The Morgan fingerprint density at radius 2 is 1.80 bits per heavy atom. The molecule has 1 fully saturated rings. The van der Waals surface area contributed by atoms with E-state index in [1.165, 1.54) is 11.1 Å². The first-order valence-corrected chi connectivity index (χ1v) is 14.4. The first-order valence-electron chi connectivity index (χ1n) is 14.4. The number of anilines is 2. The van der Waals surface area contributed by atoms with Gasteiger partial charge in [-0.15, -0.1) is 0 Å². The lowest BCUT2D eigenvalue weighted by Gasteiger charge is -2.32. The van der Waals surface area contributed by atoms with E-state index in [0.717, 1.165) is 61.8 Å². The molecule has 1 saturated heterocycles. The van der Waals surface area contributed by atoms with E-state index >= 15 is 0 Å². The number of nitrogens with one attached hydrogen (secondary N) is 2. The highest BCUT2D eigenvalue weighted by molar-refractivity contribution is 5.92. The molecule has 0 unspecified atom stereocenters. The molecule has 9 nitrogen and oxygen atoms in total. The number of pyridine rings is 1. The van der Waals surface area contributed by atoms with Gasteiger partial charge >= 0.3 is 0 Å². The SMILES string of the molecule is Cc1ccc(Nc2nc3cc(Oc4ccnc(C(=O)NCCCN5CCN(C)CC5)c4)ccc3n2C)cc1C(C)C.[HH].[HH]. The third-order valence-electron chi connectivity index (χ3n) is 7.74. The summed E-state index contributed by atoms with van der Waals surface area (Å²) >= 11 is 0. The number of aryl methyl sites for hydroxylation is 2. The maximum Gasteiger partial charge on any atom is 0.270 e. The Hall–Kier alpha value is -3.95. The summed E-state index contributed by atoms with van der Waals surface area (Å²) in [4.78, 5) is 26.6. The van der Waals surface area contributed by atoms with E-state index < -0.39 is 0 Å². The van der Waals surface area contributed by atoms with Crippen molar-refractivity contribution < 1.29 is 12.4 Å². The molecule has 0 bridgehead atoms. The summed E-state index contributed by atoms with van der Waals surface area (Å²) in [5, 5.41) is 6.46. The summed E-state index contributed by atoms with van der Waals surface area (Å²) in [7, 11) is 4.15. The summed E-state index contributed by atoms with van der Waals surface area (Å²) in [6.45, 7) is 12.5. The highest BCUT2D eigenvalue weighted by Crippen LogP contribution is 2.29. The van der Waals surface area contributed by atoms with Crippen LogP contribution in [0.15, 0.2) is 54.7 Å². The fraction of sp³-hybridized carbons (Fsp3) is 0.406. The lowest BCUT2D eigenvalue weighted by molar-refractivity contribution is 0.0944. The van der Waals surface area contributed by atoms with Gasteiger partial charge in [-0.25, -0.2) is 4.98 Å². The van der Waals surface area contributed by atoms with Crippen LogP contribution in [-0.2, 0) is 7.05 Å². The van der Waals surface area contributed by atoms with Crippen LogP contribution in [0.4, 0.5) is 11.6 Å². The summed E-state index contributed by atoms with van der Waals surface area (Å²) in [5.74, 6) is 2.21. The van der Waals surface area contributed by atoms with Crippen molar-refractivity contribution >= 4 is 28.6 Å². The number of amides is 1. The smallest absolute Gasteiger partial charge is 0.270 e. The molecule has 0 atom stereocenters. The second kappa shape index (κ2) is 12.7. The number of hydrogen-bond acceptors (Lipinski definition) is 7. The number of benzene rings is 2. The second-order valence-electron chi connectivity index (χ2n) is 11.2. The van der Waals surface area contributed by atoms with Crippen LogP contribution < -0.4 is 15.4 Å². The minimum atomic E-state index is -0.193. The lowest BCUT2D eigenvalue weighted by atomic mass is 9.97. The lowest BCUT2D eigenvalue weighted by Crippen LogP contribution is -2.45. The van der Waals surface area contributed by atoms with Crippen molar-refractivity contribution in [2.75, 3.05) is 51.6 Å². The number of aromatic nitrogens is 3. The van der Waals surface area contributed by atoms with Gasteiger partial charge in [0.05, 0.1) is 11.0 Å². The van der Waals surface area contributed by atoms with Crippen LogP contribution in [-0.4, -0.2) is 76.6 Å². The number of carbonyl (C=O) groups is 1. The van der Waals surface area contributed by atoms with Gasteiger partial charge in [-0.2, -0.15) is 0 Å². The molecule has 220 valence electrons. The molecule has 0 saturated carbocycles. The number of likely N-dealkylation sites (N-methyl/N-ethyl adjacent to an activating group) is 1. The van der Waals surface area contributed by atoms with Crippen molar-refractivity contribution in [2.45, 2.75) is 33.1 Å². The van der Waals surface area contributed by atoms with Crippen LogP contribution in [0, 0.1) is 6.92 Å². The topological polar surface area (TPSA) is 87.6 Å². The number of rotatable bonds is 10. The molecule has 3 heterocycles. The molecule has 9 heteroatoms. The summed E-state index contributed by atoms with van der Waals surface area (Å²) in [5.41, 5.74) is 5.76. The largest absolute Gasteiger partial charge is 0.457 e. The molecular weight excluding hydrogens is 514 g/mol. The third kappa shape index (κ3) is 7.04. The van der Waals surface area contributed by atoms with Gasteiger partial charge in [0.1, 0.15) is 17.2 Å². The molecule has 4 aromatic rings. The molecule has 2 N–H and O–H groups in total. The molecule has 0 spiro atoms. The normalized spacial score (nSPS) is 14.5. The van der Waals surface area contributed by atoms with Gasteiger partial charge in [-0.05, 0) is 74.3 Å². The number of hydrogen-bond donors (Lipinski definition) is 2. The number of carbonyl (C=O) groups excluding carboxylic acids is 1. The minimum Gasteiger partial charge on any atom is -0.457 e. The quantitative estimate of drug-likeness (QED) is 0.238. The van der Waals surface area contributed by atoms with E-state index in [1.54, 1.807) is 18.3 Å². The van der Waals surface area contributed by atoms with Gasteiger partial charge in [0, 0.05) is 66.6 Å². The maximum absolute atomic E-state index is 12.7. The van der Waals surface area contributed by atoms with Crippen molar-refractivity contribution in [3.8, 4) is 11.5 Å². The summed E-state index contributed by atoms with van der Waals surface area (Å²) < 4.78 is 8.15. The molecular formula is C32H45N7O2. The number of ether oxygens (including phenoxy) is 1. The van der Waals surface area contributed by atoms with Crippen molar-refractivity contribution in [3.05, 3.63) is 71.5 Å². The van der Waals surface area contributed by atoms with Crippen LogP contribution in [0.5, 0.6) is 11.5 Å². The Morgan fingerprint density at radius 3 is 2.59 bits per heavy atom. The van der Waals surface area contributed by atoms with E-state index in [9.17, 15) is 4.79 Å². The average molecular weight is 560 g/mol. The van der Waals surface area contributed by atoms with Crippen LogP contribution in [0.2, 0.25) is 0 Å². The van der Waals surface area contributed by atoms with Gasteiger partial charge in [0.25, 0.3) is 5.91 Å². The fourth-order valence-electron chi connectivity index (χ4n) is 5.23. The van der Waals surface area contributed by atoms with Gasteiger partial charge < -0.3 is 29.7 Å². The molecule has 1 amide bonds. The number of nitrogens with zero attached hydrogens (tertiary/aromatic N) is 5. The third-order valence-corrected chi connectivity index (χ3v) is 7.74. The second-order valence-corrected chi connectivity index (χ2v) is 11.2. The summed E-state index contributed by atoms with van der Waals surface area (Å²) in [6.07, 6.45) is 2.51. The summed E-state index contributed by atoms with van der Waals surface area (Å²) in [6, 6.07) is 15.7. The molecule has 1 aliphatic heterocycles. The first-order chi connectivity index (χ1) is 19.8. The highest BCUT2D eigenvalue weighted by atomic mass is 16.5. The predicted molar refractivity (Wildman–Crippen MR) is 169 cm³/mol. The Morgan fingerprint density at radius 1 is 1.02 bits per heavy atom. The van der Waals surface area contributed by atoms with Crippen LogP contribution in [0.25, 0.3) is 11.0 Å². The van der Waals surface area contributed by atoms with Crippen molar-refractivity contribution in [2.24, 2.45) is 7.05 Å². The molecule has 0 radical (unpaired) electrons. The van der Waals surface area contributed by atoms with Crippen molar-refractivity contribution in [1.29, 1.82) is 0 Å². The number of imidazole rings is 1. The van der Waals surface area contributed by atoms with Crippen molar-refractivity contribution in [1.82, 2.24) is 29.7 Å². The molecule has 0 aliphatic carbocycles. The van der Waals surface area contributed by atoms with E-state index in [4.69, 9.17) is 9.72 Å². The van der Waals surface area contributed by atoms with Gasteiger partial charge in [0.15, 0.2) is 0 Å². The van der Waals surface area contributed by atoms with E-state index in [-0.39, 0.29) is 8.76 Å². The average Bonchev–Trinajstić information content (AvgIpc) is 3.26. The zero-order valence-electron chi connectivity index (χ0n) is 24.8. The fourth-order valence-corrected chi connectivity index (χ4v) is 5.23. The standard InChI is InChI=1S/C32H41N7O2.2H2/c1-22(2)27-19-24(8-7-23(27)3)35-32-36-28-20-25(9-10-30(28)38(32)5)41-26-11-13-33-29(21-26)31(40)34-12-6-14-39-17-15-37(4)16-18-39;;/h7-11,13,19-22H,6,12,14-18H2,1-5H3,(H,34,40)(H,35,36);2*1H. The first kappa shape index (κ1) is 28.6. The Kier molecular flexibility index (Phi) is 8.85. The monoisotopic (exact) mass is 559 g/mol. The van der Waals surface area contributed by atoms with Crippen molar-refractivity contribution in [3.63, 3.8) is 0 Å². The zero-order valence-corrected chi connectivity index (χ0v) is 24.8. The van der Waals surface area contributed by atoms with E-state index in [1.807, 2.05) is 29.8 Å². The molecule has 2 aromatic heterocycles. The maximum atomic E-state index is 12.7. The van der Waals surface area contributed by atoms with Crippen LogP contribution in [0.3, 0.4) is 0 Å². The van der Waals surface area contributed by atoms with Gasteiger partial charge in [0.2, 0.25) is 5.95 Å². The Balaban J connectivity index is 0.00000253. The number of fused-ring (bicyclic) bond motifs is 1. The van der Waals surface area contributed by atoms with Gasteiger partial charge in [-0.1, -0.05) is 19.9 Å². The molecule has 41 heavy (non-hydrogen) atoms. The van der Waals surface area contributed by atoms with Crippen LogP contribution in [0.1, 0.15) is 50.7 Å². The molecule has 2 aromatic carbocycles. The van der Waals surface area contributed by atoms with E-state index in [2.05, 4.69) is 71.4 Å². The number of piperazine rings is 1. The minimum absolute atomic E-state index is 0. The zero-order chi connectivity index (χ0) is 28.9. The Bertz CT molecular complexity index is 1520. The van der Waals surface area contributed by atoms with Gasteiger partial charge in [-0.3, -0.25) is 9.78 Å². The molecule has 1 aliphatic rings. The molecule has 5 rings (SSSR count). The van der Waals surface area contributed by atoms with E-state index in [0.29, 0.717) is 29.7 Å². The Labute approximate surface area is 245 Å².